The molecule has 0 aliphatic rings. The fourth-order valence-electron chi connectivity index (χ4n) is 4.16. The highest BCUT2D eigenvalue weighted by Crippen LogP contribution is 2.20. The molecule has 2 aromatic carbocycles. The fraction of sp³-hybridized carbons (Fsp3) is 0.531. The molecule has 2 amide bonds. The number of nitriles is 1. The van der Waals surface area contributed by atoms with E-state index in [9.17, 15) is 9.59 Å². The second-order valence-corrected chi connectivity index (χ2v) is 10.4. The number of carbonyl (C=O) groups is 2. The highest BCUT2D eigenvalue weighted by Gasteiger charge is 2.25. The Morgan fingerprint density at radius 2 is 1.80 bits per heavy atom. The Hall–Kier alpha value is -3.45. The second-order valence-electron chi connectivity index (χ2n) is 10.4. The molecule has 0 radical (unpaired) electrons. The molecule has 9 nitrogen and oxygen atoms in total. The van der Waals surface area contributed by atoms with Gasteiger partial charge in [0.1, 0.15) is 11.8 Å². The molecule has 0 spiro atoms. The Kier molecular flexibility index (Phi) is 15.5. The second kappa shape index (κ2) is 18.8. The van der Waals surface area contributed by atoms with Crippen molar-refractivity contribution in [2.75, 3.05) is 26.9 Å². The van der Waals surface area contributed by atoms with Gasteiger partial charge in [-0.05, 0) is 60.6 Å². The van der Waals surface area contributed by atoms with Gasteiger partial charge in [0, 0.05) is 39.1 Å². The third kappa shape index (κ3) is 12.7. The van der Waals surface area contributed by atoms with Crippen LogP contribution in [0.2, 0.25) is 0 Å². The van der Waals surface area contributed by atoms with Crippen molar-refractivity contribution in [2.45, 2.75) is 78.1 Å². The number of carbonyl (C=O) groups excluding carboxylic acids is 2. The van der Waals surface area contributed by atoms with Gasteiger partial charge in [-0.1, -0.05) is 44.5 Å². The van der Waals surface area contributed by atoms with E-state index in [1.165, 1.54) is 0 Å². The van der Waals surface area contributed by atoms with Gasteiger partial charge < -0.3 is 30.6 Å². The monoisotopic (exact) mass is 566 g/mol. The molecule has 2 rings (SSSR count). The van der Waals surface area contributed by atoms with E-state index in [0.29, 0.717) is 51.4 Å². The van der Waals surface area contributed by atoms with Gasteiger partial charge in [0.25, 0.3) is 0 Å². The largest absolute Gasteiger partial charge is 0.493 e. The zero-order valence-electron chi connectivity index (χ0n) is 24.9. The van der Waals surface area contributed by atoms with E-state index in [2.05, 4.69) is 16.7 Å². The molecule has 9 heteroatoms. The third-order valence-corrected chi connectivity index (χ3v) is 6.94. The zero-order valence-corrected chi connectivity index (χ0v) is 24.9. The van der Waals surface area contributed by atoms with E-state index >= 15 is 0 Å². The lowest BCUT2D eigenvalue weighted by molar-refractivity contribution is -0.130. The van der Waals surface area contributed by atoms with Gasteiger partial charge in [0.2, 0.25) is 11.8 Å². The Labute approximate surface area is 244 Å². The van der Waals surface area contributed by atoms with Crippen LogP contribution >= 0.6 is 0 Å². The molecule has 0 fully saturated rings. The Morgan fingerprint density at radius 1 is 1.07 bits per heavy atom. The van der Waals surface area contributed by atoms with Crippen LogP contribution in [0.25, 0.3) is 0 Å². The molecule has 3 atom stereocenters. The fourth-order valence-corrected chi connectivity index (χ4v) is 4.16. The van der Waals surface area contributed by atoms with Gasteiger partial charge in [-0.2, -0.15) is 5.26 Å². The minimum absolute atomic E-state index is 0.0198. The molecule has 224 valence electrons. The number of nitrogens with one attached hydrogen (secondary N) is 2. The zero-order chi connectivity index (χ0) is 30.0. The van der Waals surface area contributed by atoms with Crippen LogP contribution < -0.4 is 21.1 Å². The summed E-state index contributed by atoms with van der Waals surface area (Å²) < 4.78 is 16.7. The number of aryl methyl sites for hydroxylation is 1. The van der Waals surface area contributed by atoms with Gasteiger partial charge in [0.15, 0.2) is 0 Å². The molecule has 0 aromatic heterocycles. The molecule has 0 aliphatic heterocycles. The maximum atomic E-state index is 12.9. The lowest BCUT2D eigenvalue weighted by atomic mass is 9.97. The predicted octanol–water partition coefficient (Wildman–Crippen LogP) is 4.14. The van der Waals surface area contributed by atoms with Gasteiger partial charge >= 0.3 is 0 Å². The molecular weight excluding hydrogens is 520 g/mol. The summed E-state index contributed by atoms with van der Waals surface area (Å²) in [4.78, 5) is 25.5. The molecular formula is C32H46N4O5. The predicted molar refractivity (Wildman–Crippen MR) is 159 cm³/mol. The molecule has 0 saturated carbocycles. The van der Waals surface area contributed by atoms with Crippen LogP contribution in [0.5, 0.6) is 5.75 Å². The topological polar surface area (TPSA) is 136 Å². The van der Waals surface area contributed by atoms with Crippen LogP contribution in [-0.2, 0) is 32.2 Å². The van der Waals surface area contributed by atoms with Crippen LogP contribution in [0, 0.1) is 24.2 Å². The lowest BCUT2D eigenvalue weighted by Gasteiger charge is -2.24. The van der Waals surface area contributed by atoms with Crippen LogP contribution in [-0.4, -0.2) is 50.8 Å². The molecule has 0 heterocycles. The molecule has 41 heavy (non-hydrogen) atoms. The highest BCUT2D eigenvalue weighted by atomic mass is 16.5. The average Bonchev–Trinajstić information content (AvgIpc) is 2.98. The standard InChI is InChI=1S/C32H46N4O5/c1-5-23(2)31(32(38)35-20-26-14-12-25(19-33)13-15-26)36-30(37)9-6-8-28(34)22-40-21-27-11-10-24(3)29(18-27)41-17-7-16-39-4/h10-15,18,23,28,31H,5-9,16-17,20-22,34H2,1-4H3,(H,35,38)(H,36,37). The van der Waals surface area contributed by atoms with Crippen LogP contribution in [0.4, 0.5) is 0 Å². The smallest absolute Gasteiger partial charge is 0.243 e. The van der Waals surface area contributed by atoms with Crippen molar-refractivity contribution in [2.24, 2.45) is 11.7 Å². The van der Waals surface area contributed by atoms with E-state index < -0.39 is 6.04 Å². The van der Waals surface area contributed by atoms with E-state index in [1.54, 1.807) is 31.4 Å². The lowest BCUT2D eigenvalue weighted by Crippen LogP contribution is -2.50. The summed E-state index contributed by atoms with van der Waals surface area (Å²) in [6, 6.07) is 14.3. The number of hydrogen-bond acceptors (Lipinski definition) is 7. The Bertz CT molecular complexity index is 1120. The minimum Gasteiger partial charge on any atom is -0.493 e. The summed E-state index contributed by atoms with van der Waals surface area (Å²) in [6.07, 6.45) is 3.09. The van der Waals surface area contributed by atoms with Gasteiger partial charge in [-0.15, -0.1) is 0 Å². The number of hydrogen-bond donors (Lipinski definition) is 3. The van der Waals surface area contributed by atoms with Crippen molar-refractivity contribution in [3.8, 4) is 11.8 Å². The number of rotatable bonds is 19. The summed E-state index contributed by atoms with van der Waals surface area (Å²) in [5, 5.41) is 14.7. The molecule has 0 aliphatic carbocycles. The molecule has 4 N–H and O–H groups in total. The van der Waals surface area contributed by atoms with Crippen LogP contribution in [0.3, 0.4) is 0 Å². The van der Waals surface area contributed by atoms with Gasteiger partial charge in [-0.3, -0.25) is 9.59 Å². The number of amides is 2. The number of nitrogens with two attached hydrogens (primary N) is 1. The summed E-state index contributed by atoms with van der Waals surface area (Å²) in [5.74, 6) is 0.432. The SMILES string of the molecule is CCC(C)C(NC(=O)CCCC(N)COCc1ccc(C)c(OCCCOC)c1)C(=O)NCc1ccc(C#N)cc1. The first-order chi connectivity index (χ1) is 19.8. The average molecular weight is 567 g/mol. The van der Waals surface area contributed by atoms with Crippen LogP contribution in [0.1, 0.15) is 68.2 Å². The van der Waals surface area contributed by atoms with Gasteiger partial charge in [-0.25, -0.2) is 0 Å². The minimum atomic E-state index is -0.619. The van der Waals surface area contributed by atoms with Crippen molar-refractivity contribution >= 4 is 11.8 Å². The summed E-state index contributed by atoms with van der Waals surface area (Å²) in [7, 11) is 1.68. The molecule has 0 bridgehead atoms. The van der Waals surface area contributed by atoms with Crippen molar-refractivity contribution < 1.29 is 23.8 Å². The summed E-state index contributed by atoms with van der Waals surface area (Å²) >= 11 is 0. The first kappa shape index (κ1) is 33.8. The van der Waals surface area contributed by atoms with Gasteiger partial charge in [0.05, 0.1) is 31.5 Å². The first-order valence-electron chi connectivity index (χ1n) is 14.4. The number of benzene rings is 2. The third-order valence-electron chi connectivity index (χ3n) is 6.94. The maximum absolute atomic E-state index is 12.9. The summed E-state index contributed by atoms with van der Waals surface area (Å²) in [5.41, 5.74) is 9.76. The number of ether oxygens (including phenoxy) is 3. The van der Waals surface area contributed by atoms with E-state index in [1.807, 2.05) is 39.0 Å². The molecule has 0 saturated heterocycles. The van der Waals surface area contributed by atoms with Crippen LogP contribution in [0.15, 0.2) is 42.5 Å². The molecule has 2 aromatic rings. The molecule has 3 unspecified atom stereocenters. The van der Waals surface area contributed by atoms with Crippen molar-refractivity contribution in [1.82, 2.24) is 10.6 Å². The Balaban J connectivity index is 1.72. The first-order valence-corrected chi connectivity index (χ1v) is 14.4. The van der Waals surface area contributed by atoms with E-state index in [4.69, 9.17) is 25.2 Å². The highest BCUT2D eigenvalue weighted by molar-refractivity contribution is 5.87. The number of methoxy groups -OCH3 is 1. The Morgan fingerprint density at radius 3 is 2.49 bits per heavy atom. The summed E-state index contributed by atoms with van der Waals surface area (Å²) in [6.45, 7) is 8.35. The maximum Gasteiger partial charge on any atom is 0.243 e. The van der Waals surface area contributed by atoms with Crippen molar-refractivity contribution in [1.29, 1.82) is 5.26 Å². The van der Waals surface area contributed by atoms with Crippen molar-refractivity contribution in [3.63, 3.8) is 0 Å². The van der Waals surface area contributed by atoms with E-state index in [-0.39, 0.29) is 30.2 Å². The quantitative estimate of drug-likeness (QED) is 0.217. The normalized spacial score (nSPS) is 13.1. The number of nitrogens with zero attached hydrogens (tertiary/aromatic N) is 1. The van der Waals surface area contributed by atoms with E-state index in [0.717, 1.165) is 35.3 Å². The van der Waals surface area contributed by atoms with Crippen molar-refractivity contribution in [3.05, 3.63) is 64.7 Å².